The lowest BCUT2D eigenvalue weighted by atomic mass is 10.1. The van der Waals surface area contributed by atoms with Gasteiger partial charge in [-0.1, -0.05) is 12.1 Å². The van der Waals surface area contributed by atoms with E-state index in [0.717, 1.165) is 29.3 Å². The molecule has 0 amide bonds. The summed E-state index contributed by atoms with van der Waals surface area (Å²) in [6.45, 7) is 5.71. The Labute approximate surface area is 182 Å². The molecule has 28 heavy (non-hydrogen) atoms. The Morgan fingerprint density at radius 1 is 1.25 bits per heavy atom. The van der Waals surface area contributed by atoms with Gasteiger partial charge in [0.2, 0.25) is 0 Å². The predicted molar refractivity (Wildman–Crippen MR) is 117 cm³/mol. The number of halogens is 4. The lowest BCUT2D eigenvalue weighted by Crippen LogP contribution is -2.56. The number of hydrogen-bond donors (Lipinski definition) is 1. The zero-order valence-electron chi connectivity index (χ0n) is 16.8. The Balaban J connectivity index is 0.00000392. The maximum Gasteiger partial charge on any atom is 0.403 e. The van der Waals surface area contributed by atoms with Gasteiger partial charge in [-0.2, -0.15) is 13.2 Å². The van der Waals surface area contributed by atoms with Crippen LogP contribution in [-0.4, -0.2) is 74.9 Å². The highest BCUT2D eigenvalue weighted by Crippen LogP contribution is 2.25. The summed E-state index contributed by atoms with van der Waals surface area (Å²) in [4.78, 5) is 7.76. The Kier molecular flexibility index (Phi) is 9.82. The molecule has 0 radical (unpaired) electrons. The molecule has 1 aromatic rings. The van der Waals surface area contributed by atoms with Gasteiger partial charge in [0.15, 0.2) is 5.96 Å². The molecule has 160 valence electrons. The molecule has 5 nitrogen and oxygen atoms in total. The highest BCUT2D eigenvalue weighted by atomic mass is 127. The third kappa shape index (κ3) is 6.68. The van der Waals surface area contributed by atoms with Crippen molar-refractivity contribution >= 4 is 29.9 Å². The first-order valence-electron chi connectivity index (χ1n) is 9.16. The molecule has 1 fully saturated rings. The Hall–Kier alpha value is -1.23. The van der Waals surface area contributed by atoms with Gasteiger partial charge < -0.3 is 15.0 Å². The molecule has 1 aliphatic heterocycles. The molecule has 0 spiro atoms. The van der Waals surface area contributed by atoms with Crippen LogP contribution in [0.3, 0.4) is 0 Å². The van der Waals surface area contributed by atoms with Gasteiger partial charge in [-0.3, -0.25) is 9.89 Å². The largest absolute Gasteiger partial charge is 0.496 e. The minimum absolute atomic E-state index is 0. The average Bonchev–Trinajstić information content (AvgIpc) is 2.65. The van der Waals surface area contributed by atoms with E-state index in [1.165, 1.54) is 11.8 Å². The molecule has 1 heterocycles. The van der Waals surface area contributed by atoms with Crippen LogP contribution >= 0.6 is 24.0 Å². The minimum atomic E-state index is -4.18. The first-order valence-corrected chi connectivity index (χ1v) is 9.16. The molecular formula is C19H30F3IN4O. The summed E-state index contributed by atoms with van der Waals surface area (Å²) in [5.74, 6) is 1.60. The van der Waals surface area contributed by atoms with E-state index >= 15 is 0 Å². The third-order valence-electron chi connectivity index (χ3n) is 5.02. The van der Waals surface area contributed by atoms with Crippen molar-refractivity contribution in [2.45, 2.75) is 32.5 Å². The van der Waals surface area contributed by atoms with Crippen LogP contribution in [0.2, 0.25) is 0 Å². The van der Waals surface area contributed by atoms with Crippen molar-refractivity contribution in [3.8, 4) is 5.75 Å². The second-order valence-corrected chi connectivity index (χ2v) is 6.77. The highest BCUT2D eigenvalue weighted by molar-refractivity contribution is 14.0. The van der Waals surface area contributed by atoms with Gasteiger partial charge in [-0.15, -0.1) is 24.0 Å². The van der Waals surface area contributed by atoms with E-state index in [2.05, 4.69) is 16.4 Å². The maximum atomic E-state index is 12.9. The van der Waals surface area contributed by atoms with Crippen LogP contribution < -0.4 is 10.1 Å². The molecule has 1 atom stereocenters. The zero-order chi connectivity index (χ0) is 20.0. The van der Waals surface area contributed by atoms with Crippen LogP contribution in [0.4, 0.5) is 13.2 Å². The number of aliphatic imine (C=N–C) groups is 1. The Bertz CT molecular complexity index is 647. The number of benzene rings is 1. The summed E-state index contributed by atoms with van der Waals surface area (Å²) in [7, 11) is 3.35. The average molecular weight is 514 g/mol. The monoisotopic (exact) mass is 514 g/mol. The fraction of sp³-hybridized carbons (Fsp3) is 0.632. The highest BCUT2D eigenvalue weighted by Gasteiger charge is 2.41. The van der Waals surface area contributed by atoms with E-state index < -0.39 is 12.2 Å². The third-order valence-corrected chi connectivity index (χ3v) is 5.02. The lowest BCUT2D eigenvalue weighted by molar-refractivity contribution is -0.181. The normalized spacial score (nSPS) is 17.1. The number of piperazine rings is 1. The summed E-state index contributed by atoms with van der Waals surface area (Å²) in [5.41, 5.74) is 2.25. The van der Waals surface area contributed by atoms with Gasteiger partial charge in [-0.25, -0.2) is 0 Å². The summed E-state index contributed by atoms with van der Waals surface area (Å²) < 4.78 is 43.9. The van der Waals surface area contributed by atoms with E-state index in [1.807, 2.05) is 24.0 Å². The molecule has 0 saturated carbocycles. The Morgan fingerprint density at radius 2 is 1.89 bits per heavy atom. The topological polar surface area (TPSA) is 40.1 Å². The summed E-state index contributed by atoms with van der Waals surface area (Å²) >= 11 is 0. The van der Waals surface area contributed by atoms with Gasteiger partial charge in [0, 0.05) is 39.8 Å². The quantitative estimate of drug-likeness (QED) is 0.372. The number of ether oxygens (including phenoxy) is 1. The SMILES string of the molecule is CN=C(NCCc1ccc(C)c(OC)c1)N1CCN(C(C)C(F)(F)F)CC1.I. The standard InChI is InChI=1S/C19H29F3N4O.HI/c1-14-5-6-16(13-17(14)27-4)7-8-24-18(23-3)26-11-9-25(10-12-26)15(2)19(20,21)22;/h5-6,13,15H,7-12H2,1-4H3,(H,23,24);1H. The van der Waals surface area contributed by atoms with Gasteiger partial charge in [0.1, 0.15) is 11.8 Å². The molecule has 0 aliphatic carbocycles. The van der Waals surface area contributed by atoms with Crippen LogP contribution in [0.5, 0.6) is 5.75 Å². The summed E-state index contributed by atoms with van der Waals surface area (Å²) in [6, 6.07) is 4.71. The number of nitrogens with zero attached hydrogens (tertiary/aromatic N) is 3. The molecule has 1 N–H and O–H groups in total. The number of aryl methyl sites for hydroxylation is 1. The smallest absolute Gasteiger partial charge is 0.403 e. The van der Waals surface area contributed by atoms with E-state index in [4.69, 9.17) is 4.74 Å². The zero-order valence-corrected chi connectivity index (χ0v) is 19.2. The van der Waals surface area contributed by atoms with Crippen molar-refractivity contribution in [2.75, 3.05) is 46.9 Å². The van der Waals surface area contributed by atoms with Crippen LogP contribution in [-0.2, 0) is 6.42 Å². The molecule has 1 unspecified atom stereocenters. The summed E-state index contributed by atoms with van der Waals surface area (Å²) in [6.07, 6.45) is -3.38. The van der Waals surface area contributed by atoms with Crippen molar-refractivity contribution in [3.63, 3.8) is 0 Å². The second-order valence-electron chi connectivity index (χ2n) is 6.77. The molecule has 2 rings (SSSR count). The van der Waals surface area contributed by atoms with Crippen LogP contribution in [0.1, 0.15) is 18.1 Å². The van der Waals surface area contributed by atoms with E-state index in [1.54, 1.807) is 14.2 Å². The number of alkyl halides is 3. The van der Waals surface area contributed by atoms with Crippen molar-refractivity contribution in [1.29, 1.82) is 0 Å². The summed E-state index contributed by atoms with van der Waals surface area (Å²) in [5, 5.41) is 3.31. The minimum Gasteiger partial charge on any atom is -0.496 e. The molecule has 1 saturated heterocycles. The molecule has 9 heteroatoms. The Morgan fingerprint density at radius 3 is 2.43 bits per heavy atom. The van der Waals surface area contributed by atoms with Gasteiger partial charge >= 0.3 is 6.18 Å². The van der Waals surface area contributed by atoms with Gasteiger partial charge in [0.05, 0.1) is 7.11 Å². The second kappa shape index (κ2) is 11.1. The van der Waals surface area contributed by atoms with Crippen LogP contribution in [0.25, 0.3) is 0 Å². The fourth-order valence-corrected chi connectivity index (χ4v) is 3.20. The number of rotatable bonds is 5. The number of nitrogens with one attached hydrogen (secondary N) is 1. The number of hydrogen-bond acceptors (Lipinski definition) is 3. The van der Waals surface area contributed by atoms with Crippen LogP contribution in [0.15, 0.2) is 23.2 Å². The van der Waals surface area contributed by atoms with Gasteiger partial charge in [-0.05, 0) is 37.5 Å². The first-order chi connectivity index (χ1) is 12.8. The fourth-order valence-electron chi connectivity index (χ4n) is 3.20. The molecule has 1 aromatic carbocycles. The molecule has 0 bridgehead atoms. The van der Waals surface area contributed by atoms with Gasteiger partial charge in [0.25, 0.3) is 0 Å². The van der Waals surface area contributed by atoms with Crippen molar-refractivity contribution < 1.29 is 17.9 Å². The molecule has 1 aliphatic rings. The number of methoxy groups -OCH3 is 1. The van der Waals surface area contributed by atoms with Crippen molar-refractivity contribution in [1.82, 2.24) is 15.1 Å². The van der Waals surface area contributed by atoms with E-state index in [0.29, 0.717) is 32.7 Å². The van der Waals surface area contributed by atoms with Crippen molar-refractivity contribution in [2.24, 2.45) is 4.99 Å². The van der Waals surface area contributed by atoms with E-state index in [-0.39, 0.29) is 24.0 Å². The molecule has 0 aromatic heterocycles. The van der Waals surface area contributed by atoms with Crippen LogP contribution in [0, 0.1) is 6.92 Å². The lowest BCUT2D eigenvalue weighted by Gasteiger charge is -2.39. The number of guanidine groups is 1. The first kappa shape index (κ1) is 24.8. The predicted octanol–water partition coefficient (Wildman–Crippen LogP) is 3.31. The van der Waals surface area contributed by atoms with Crippen molar-refractivity contribution in [3.05, 3.63) is 29.3 Å². The van der Waals surface area contributed by atoms with E-state index in [9.17, 15) is 13.2 Å². The maximum absolute atomic E-state index is 12.9. The molecular weight excluding hydrogens is 484 g/mol.